The maximum Gasteiger partial charge on any atom is 0.620 e. The van der Waals surface area contributed by atoms with Crippen molar-refractivity contribution in [1.82, 2.24) is 0 Å². The molecule has 0 aromatic carbocycles. The summed E-state index contributed by atoms with van der Waals surface area (Å²) < 4.78 is 34.5. The molecule has 0 N–H and O–H groups in total. The van der Waals surface area contributed by atoms with Gasteiger partial charge in [0, 0.05) is 6.04 Å². The minimum absolute atomic E-state index is 0.671. The van der Waals surface area contributed by atoms with E-state index in [1.807, 2.05) is 0 Å². The molecule has 0 aromatic rings. The summed E-state index contributed by atoms with van der Waals surface area (Å²) in [5, 5.41) is 0. The van der Waals surface area contributed by atoms with Gasteiger partial charge in [-0.05, 0) is 13.8 Å². The zero-order chi connectivity index (χ0) is 7.49. The molecule has 0 aliphatic rings. The van der Waals surface area contributed by atoms with Crippen LogP contribution in [0.25, 0.3) is 0 Å². The van der Waals surface area contributed by atoms with Gasteiger partial charge in [0.05, 0.1) is 0 Å². The molecule has 9 heavy (non-hydrogen) atoms. The summed E-state index contributed by atoms with van der Waals surface area (Å²) in [6, 6.07) is -0.671. The van der Waals surface area contributed by atoms with Crippen LogP contribution in [0.4, 0.5) is 12.3 Å². The lowest BCUT2D eigenvalue weighted by Crippen LogP contribution is -2.12. The van der Waals surface area contributed by atoms with Crippen LogP contribution >= 0.6 is 0 Å². The Hall–Kier alpha value is -0.253. The normalized spacial score (nSPS) is 11.2. The van der Waals surface area contributed by atoms with Crippen molar-refractivity contribution in [3.8, 4) is 0 Å². The van der Waals surface area contributed by atoms with Crippen molar-refractivity contribution in [3.05, 3.63) is 11.6 Å². The Balaban J connectivity index is 3.64. The second kappa shape index (κ2) is 3.05. The van der Waals surface area contributed by atoms with E-state index >= 15 is 0 Å². The second-order valence-corrected chi connectivity index (χ2v) is 3.74. The van der Waals surface area contributed by atoms with Crippen molar-refractivity contribution >= 4 is 9.08 Å². The lowest BCUT2D eigenvalue weighted by molar-refractivity contribution is 0.477. The molecular weight excluding hydrogens is 145 g/mol. The molecule has 0 fully saturated rings. The van der Waals surface area contributed by atoms with Crippen molar-refractivity contribution in [1.29, 1.82) is 0 Å². The number of hydrogen-bond donors (Lipinski definition) is 0. The van der Waals surface area contributed by atoms with E-state index in [0.29, 0.717) is 0 Å². The molecule has 0 heterocycles. The molecule has 0 bridgehead atoms. The van der Waals surface area contributed by atoms with E-state index in [-0.39, 0.29) is 0 Å². The van der Waals surface area contributed by atoms with Crippen molar-refractivity contribution < 1.29 is 12.3 Å². The number of allylic oxidation sites excluding steroid dienone is 2. The van der Waals surface area contributed by atoms with E-state index < -0.39 is 15.1 Å². The van der Waals surface area contributed by atoms with Crippen molar-refractivity contribution in [2.75, 3.05) is 0 Å². The van der Waals surface area contributed by atoms with Gasteiger partial charge in [0.25, 0.3) is 0 Å². The van der Waals surface area contributed by atoms with Crippen LogP contribution in [0.5, 0.6) is 0 Å². The Morgan fingerprint density at radius 1 is 1.33 bits per heavy atom. The summed E-state index contributed by atoms with van der Waals surface area (Å²) in [4.78, 5) is 0. The Bertz CT molecular complexity index is 110. The molecule has 0 unspecified atom stereocenters. The van der Waals surface area contributed by atoms with E-state index in [0.717, 1.165) is 5.57 Å². The van der Waals surface area contributed by atoms with Gasteiger partial charge in [-0.15, -0.1) is 0 Å². The summed E-state index contributed by atoms with van der Waals surface area (Å²) in [6.45, 7) is 3.33. The fourth-order valence-corrected chi connectivity index (χ4v) is 0.960. The van der Waals surface area contributed by atoms with Gasteiger partial charge in [-0.1, -0.05) is 11.6 Å². The van der Waals surface area contributed by atoms with E-state index in [4.69, 9.17) is 0 Å². The molecule has 0 saturated heterocycles. The van der Waals surface area contributed by atoms with Crippen molar-refractivity contribution in [2.24, 2.45) is 0 Å². The molecule has 0 atom stereocenters. The van der Waals surface area contributed by atoms with E-state index in [9.17, 15) is 12.3 Å². The van der Waals surface area contributed by atoms with E-state index in [2.05, 4.69) is 0 Å². The standard InChI is InChI=1S/C5H9F3Si/c1-5(2)3-4-9(6,7)8/h3H,4H2,1-2H3. The highest BCUT2D eigenvalue weighted by molar-refractivity contribution is 6.58. The molecule has 0 aliphatic carbocycles. The first-order chi connectivity index (χ1) is 3.92. The molecule has 0 spiro atoms. The molecule has 0 rings (SSSR count). The monoisotopic (exact) mass is 154 g/mol. The van der Waals surface area contributed by atoms with Crippen molar-refractivity contribution in [2.45, 2.75) is 19.9 Å². The Labute approximate surface area is 53.9 Å². The first-order valence-corrected chi connectivity index (χ1v) is 4.46. The van der Waals surface area contributed by atoms with Gasteiger partial charge < -0.3 is 0 Å². The second-order valence-electron chi connectivity index (χ2n) is 2.10. The fraction of sp³-hybridized carbons (Fsp3) is 0.600. The SMILES string of the molecule is CC(C)=CC[Si](F)(F)F. The minimum Gasteiger partial charge on any atom is -0.237 e. The van der Waals surface area contributed by atoms with Gasteiger partial charge >= 0.3 is 9.08 Å². The van der Waals surface area contributed by atoms with Gasteiger partial charge in [-0.3, -0.25) is 0 Å². The molecule has 0 aliphatic heterocycles. The highest BCUT2D eigenvalue weighted by Crippen LogP contribution is 2.15. The maximum atomic E-state index is 11.5. The zero-order valence-electron chi connectivity index (χ0n) is 5.42. The predicted molar refractivity (Wildman–Crippen MR) is 33.3 cm³/mol. The van der Waals surface area contributed by atoms with Crippen LogP contribution in [-0.2, 0) is 0 Å². The molecular formula is C5H9F3Si. The van der Waals surface area contributed by atoms with E-state index in [1.54, 1.807) is 13.8 Å². The summed E-state index contributed by atoms with van der Waals surface area (Å²) >= 11 is 0. The number of hydrogen-bond acceptors (Lipinski definition) is 0. The fourth-order valence-electron chi connectivity index (χ4n) is 0.320. The summed E-state index contributed by atoms with van der Waals surface area (Å²) in [7, 11) is -5.30. The van der Waals surface area contributed by atoms with Crippen LogP contribution in [0.1, 0.15) is 13.8 Å². The summed E-state index contributed by atoms with van der Waals surface area (Å²) in [5.74, 6) is 0. The van der Waals surface area contributed by atoms with Crippen LogP contribution < -0.4 is 0 Å². The summed E-state index contributed by atoms with van der Waals surface area (Å²) in [5.41, 5.74) is 0.736. The first kappa shape index (κ1) is 8.75. The third-order valence-electron chi connectivity index (χ3n) is 0.742. The van der Waals surface area contributed by atoms with Gasteiger partial charge in [0.2, 0.25) is 0 Å². The maximum absolute atomic E-state index is 11.5. The van der Waals surface area contributed by atoms with Crippen LogP contribution in [0.15, 0.2) is 11.6 Å². The number of rotatable bonds is 2. The third kappa shape index (κ3) is 7.75. The van der Waals surface area contributed by atoms with Gasteiger partial charge in [0.15, 0.2) is 0 Å². The molecule has 0 nitrogen and oxygen atoms in total. The Morgan fingerprint density at radius 3 is 1.89 bits per heavy atom. The molecule has 4 heteroatoms. The van der Waals surface area contributed by atoms with Gasteiger partial charge in [-0.25, -0.2) is 12.3 Å². The molecule has 0 amide bonds. The first-order valence-electron chi connectivity index (χ1n) is 2.62. The molecule has 0 aromatic heterocycles. The van der Waals surface area contributed by atoms with Crippen LogP contribution in [0.3, 0.4) is 0 Å². The van der Waals surface area contributed by atoms with Crippen molar-refractivity contribution in [3.63, 3.8) is 0 Å². The smallest absolute Gasteiger partial charge is 0.237 e. The quantitative estimate of drug-likeness (QED) is 0.326. The minimum atomic E-state index is -5.30. The molecule has 0 radical (unpaired) electrons. The predicted octanol–water partition coefficient (Wildman–Crippen LogP) is 2.80. The average Bonchev–Trinajstić information content (AvgIpc) is 1.59. The topological polar surface area (TPSA) is 0 Å². The van der Waals surface area contributed by atoms with Crippen LogP contribution in [0, 0.1) is 0 Å². The van der Waals surface area contributed by atoms with Crippen LogP contribution in [-0.4, -0.2) is 9.08 Å². The molecule has 0 saturated carbocycles. The molecule has 54 valence electrons. The largest absolute Gasteiger partial charge is 0.620 e. The van der Waals surface area contributed by atoms with Crippen LogP contribution in [0.2, 0.25) is 6.04 Å². The lowest BCUT2D eigenvalue weighted by atomic mass is 10.3. The third-order valence-corrected chi connectivity index (χ3v) is 1.41. The highest BCUT2D eigenvalue weighted by Gasteiger charge is 2.34. The summed E-state index contributed by atoms with van der Waals surface area (Å²) in [6.07, 6.45) is 1.23. The van der Waals surface area contributed by atoms with E-state index in [1.165, 1.54) is 6.08 Å². The lowest BCUT2D eigenvalue weighted by Gasteiger charge is -1.95. The Kier molecular flexibility index (Phi) is 2.97. The van der Waals surface area contributed by atoms with Gasteiger partial charge in [0.1, 0.15) is 0 Å². The Morgan fingerprint density at radius 2 is 1.78 bits per heavy atom. The highest BCUT2D eigenvalue weighted by atomic mass is 28.5. The average molecular weight is 154 g/mol. The number of halogens is 3. The van der Waals surface area contributed by atoms with Gasteiger partial charge in [-0.2, -0.15) is 0 Å². The zero-order valence-corrected chi connectivity index (χ0v) is 6.42.